The zero-order valence-corrected chi connectivity index (χ0v) is 21.0. The highest BCUT2D eigenvalue weighted by Crippen LogP contribution is 2.21. The average molecular weight is 519 g/mol. The molecule has 0 saturated heterocycles. The summed E-state index contributed by atoms with van der Waals surface area (Å²) in [6.45, 7) is 7.91. The molecule has 33 heavy (non-hydrogen) atoms. The van der Waals surface area contributed by atoms with Crippen LogP contribution in [0.3, 0.4) is 0 Å². The Morgan fingerprint density at radius 3 is 1.70 bits per heavy atom. The van der Waals surface area contributed by atoms with E-state index in [1.54, 1.807) is 18.2 Å². The molecule has 0 aliphatic heterocycles. The van der Waals surface area contributed by atoms with Crippen molar-refractivity contribution in [1.29, 1.82) is 10.5 Å². The summed E-state index contributed by atoms with van der Waals surface area (Å²) in [4.78, 5) is 22.9. The number of nitriles is 2. The van der Waals surface area contributed by atoms with Gasteiger partial charge in [-0.1, -0.05) is 29.8 Å². The van der Waals surface area contributed by atoms with Gasteiger partial charge in [-0.2, -0.15) is 10.5 Å². The van der Waals surface area contributed by atoms with Crippen LogP contribution in [0.4, 0.5) is 0 Å². The lowest BCUT2D eigenvalue weighted by Gasteiger charge is -2.11. The van der Waals surface area contributed by atoms with Gasteiger partial charge in [-0.3, -0.25) is 0 Å². The average Bonchev–Trinajstić information content (AvgIpc) is 2.78. The molecule has 9 heteroatoms. The lowest BCUT2D eigenvalue weighted by atomic mass is 10.1. The Kier molecular flexibility index (Phi) is 13.6. The number of hydrogen-bond acceptors (Lipinski definition) is 8. The number of alkyl halides is 1. The molecule has 2 aromatic rings. The molecule has 0 heterocycles. The fraction of sp³-hybridized carbons (Fsp3) is 0.333. The van der Waals surface area contributed by atoms with E-state index in [9.17, 15) is 9.59 Å². The van der Waals surface area contributed by atoms with Gasteiger partial charge in [-0.05, 0) is 50.2 Å². The van der Waals surface area contributed by atoms with Gasteiger partial charge in [0.2, 0.25) is 0 Å². The Labute approximate surface area is 202 Å². The molecular formula is C24H27BrN2O6. The lowest BCUT2D eigenvalue weighted by molar-refractivity contribution is 0.0591. The first-order valence-corrected chi connectivity index (χ1v) is 10.7. The molecule has 0 atom stereocenters. The van der Waals surface area contributed by atoms with Gasteiger partial charge in [0.1, 0.15) is 23.6 Å². The molecule has 176 valence electrons. The number of nitrogens with zero attached hydrogens (tertiary/aromatic N) is 2. The van der Waals surface area contributed by atoms with Crippen LogP contribution in [-0.2, 0) is 9.47 Å². The van der Waals surface area contributed by atoms with E-state index in [1.807, 2.05) is 19.9 Å². The lowest BCUT2D eigenvalue weighted by Crippen LogP contribution is -2.08. The number of benzene rings is 2. The van der Waals surface area contributed by atoms with E-state index in [-0.39, 0.29) is 23.0 Å². The molecule has 0 unspecified atom stereocenters. The first kappa shape index (κ1) is 29.4. The third-order valence-corrected chi connectivity index (χ3v) is 3.42. The molecule has 0 radical (unpaired) electrons. The van der Waals surface area contributed by atoms with E-state index in [1.165, 1.54) is 38.5 Å². The van der Waals surface area contributed by atoms with Crippen molar-refractivity contribution in [2.45, 2.75) is 38.6 Å². The van der Waals surface area contributed by atoms with Crippen molar-refractivity contribution in [3.63, 3.8) is 0 Å². The maximum absolute atomic E-state index is 11.2. The van der Waals surface area contributed by atoms with Crippen LogP contribution in [0, 0.1) is 22.7 Å². The van der Waals surface area contributed by atoms with Gasteiger partial charge < -0.3 is 19.3 Å². The number of rotatable bonds is 4. The molecule has 0 bridgehead atoms. The van der Waals surface area contributed by atoms with Crippen LogP contribution in [0.1, 0.15) is 59.5 Å². The molecule has 2 rings (SSSR count). The number of ether oxygens (including phenoxy) is 3. The van der Waals surface area contributed by atoms with Crippen molar-refractivity contribution >= 4 is 27.9 Å². The highest BCUT2D eigenvalue weighted by atomic mass is 79.9. The predicted molar refractivity (Wildman–Crippen MR) is 126 cm³/mol. The smallest absolute Gasteiger partial charge is 0.337 e. The van der Waals surface area contributed by atoms with E-state index >= 15 is 0 Å². The molecule has 0 spiro atoms. The van der Waals surface area contributed by atoms with Crippen LogP contribution in [0.25, 0.3) is 0 Å². The monoisotopic (exact) mass is 518 g/mol. The first-order chi connectivity index (χ1) is 15.5. The van der Waals surface area contributed by atoms with Crippen molar-refractivity contribution in [2.24, 2.45) is 0 Å². The molecule has 0 aliphatic rings. The summed E-state index contributed by atoms with van der Waals surface area (Å²) in [6, 6.07) is 12.3. The number of phenols is 1. The fourth-order valence-electron chi connectivity index (χ4n) is 2.09. The zero-order valence-electron chi connectivity index (χ0n) is 19.4. The van der Waals surface area contributed by atoms with Crippen LogP contribution < -0.4 is 4.74 Å². The fourth-order valence-corrected chi connectivity index (χ4v) is 2.09. The van der Waals surface area contributed by atoms with Crippen molar-refractivity contribution in [2.75, 3.05) is 14.2 Å². The standard InChI is InChI=1S/C12H13NO3.C9H7NO3.C3H7Br/c1-8(2)16-11-5-4-9(12(14)15-3)6-10(11)7-13;1-13-9(12)6-2-3-8(11)7(4-6)5-10;1-3(2)4/h4-6,8H,1-3H3;2-4,11H,1H3;3H,1-2H3. The van der Waals surface area contributed by atoms with E-state index in [0.717, 1.165) is 0 Å². The molecule has 0 aromatic heterocycles. The van der Waals surface area contributed by atoms with Crippen molar-refractivity contribution in [3.8, 4) is 23.6 Å². The number of methoxy groups -OCH3 is 2. The van der Waals surface area contributed by atoms with E-state index in [2.05, 4.69) is 39.3 Å². The van der Waals surface area contributed by atoms with Crippen LogP contribution in [-0.4, -0.2) is 42.2 Å². The number of halogens is 1. The second kappa shape index (κ2) is 15.3. The molecule has 0 amide bonds. The molecule has 0 fully saturated rings. The highest BCUT2D eigenvalue weighted by molar-refractivity contribution is 9.09. The topological polar surface area (TPSA) is 130 Å². The number of carbonyl (C=O) groups excluding carboxylic acids is 2. The van der Waals surface area contributed by atoms with Crippen molar-refractivity contribution < 1.29 is 28.9 Å². The zero-order chi connectivity index (χ0) is 25.6. The molecule has 8 nitrogen and oxygen atoms in total. The van der Waals surface area contributed by atoms with Gasteiger partial charge in [0.15, 0.2) is 0 Å². The number of phenolic OH excluding ortho intramolecular Hbond substituents is 1. The van der Waals surface area contributed by atoms with Crippen molar-refractivity contribution in [1.82, 2.24) is 0 Å². The van der Waals surface area contributed by atoms with Gasteiger partial charge >= 0.3 is 11.9 Å². The maximum Gasteiger partial charge on any atom is 0.337 e. The van der Waals surface area contributed by atoms with E-state index in [0.29, 0.717) is 21.7 Å². The largest absolute Gasteiger partial charge is 0.507 e. The van der Waals surface area contributed by atoms with Crippen LogP contribution in [0.15, 0.2) is 36.4 Å². The summed E-state index contributed by atoms with van der Waals surface area (Å²) in [5, 5.41) is 26.6. The molecule has 0 saturated carbocycles. The molecule has 2 aromatic carbocycles. The summed E-state index contributed by atoms with van der Waals surface area (Å²) in [7, 11) is 2.55. The Hall–Kier alpha value is -3.56. The van der Waals surface area contributed by atoms with Crippen LogP contribution in [0.5, 0.6) is 11.5 Å². The number of carbonyl (C=O) groups is 2. The molecular weight excluding hydrogens is 492 g/mol. The van der Waals surface area contributed by atoms with Crippen LogP contribution >= 0.6 is 15.9 Å². The Morgan fingerprint density at radius 2 is 1.30 bits per heavy atom. The third kappa shape index (κ3) is 11.0. The second-order valence-corrected chi connectivity index (χ2v) is 8.66. The summed E-state index contributed by atoms with van der Waals surface area (Å²) in [5.74, 6) is -0.663. The maximum atomic E-state index is 11.2. The SMILES string of the molecule is CC(C)Br.COC(=O)c1ccc(O)c(C#N)c1.COC(=O)c1ccc(OC(C)C)c(C#N)c1. The molecule has 1 N–H and O–H groups in total. The summed E-state index contributed by atoms with van der Waals surface area (Å²) in [6.07, 6.45) is -0.0175. The normalized spacial score (nSPS) is 9.30. The van der Waals surface area contributed by atoms with Gasteiger partial charge in [0, 0.05) is 4.83 Å². The summed E-state index contributed by atoms with van der Waals surface area (Å²) in [5.41, 5.74) is 0.978. The van der Waals surface area contributed by atoms with Crippen LogP contribution in [0.2, 0.25) is 0 Å². The number of hydrogen-bond donors (Lipinski definition) is 1. The number of aromatic hydroxyl groups is 1. The molecule has 0 aliphatic carbocycles. The summed E-state index contributed by atoms with van der Waals surface area (Å²) < 4.78 is 14.4. The summed E-state index contributed by atoms with van der Waals surface area (Å²) >= 11 is 3.27. The van der Waals surface area contributed by atoms with Gasteiger partial charge in [-0.25, -0.2) is 9.59 Å². The predicted octanol–water partition coefficient (Wildman–Crippen LogP) is 4.97. The van der Waals surface area contributed by atoms with Crippen molar-refractivity contribution in [3.05, 3.63) is 58.7 Å². The minimum absolute atomic E-state index is 0.0175. The van der Waals surface area contributed by atoms with E-state index in [4.69, 9.17) is 20.4 Å². The quantitative estimate of drug-likeness (QED) is 0.443. The Balaban J connectivity index is 0.000000542. The van der Waals surface area contributed by atoms with Gasteiger partial charge in [-0.15, -0.1) is 0 Å². The highest BCUT2D eigenvalue weighted by Gasteiger charge is 2.11. The second-order valence-electron chi connectivity index (χ2n) is 6.83. The third-order valence-electron chi connectivity index (χ3n) is 3.42. The Bertz CT molecular complexity index is 1020. The first-order valence-electron chi connectivity index (χ1n) is 9.75. The number of esters is 2. The minimum atomic E-state index is -0.531. The van der Waals surface area contributed by atoms with Gasteiger partial charge in [0.25, 0.3) is 0 Å². The Morgan fingerprint density at radius 1 is 0.879 bits per heavy atom. The van der Waals surface area contributed by atoms with E-state index < -0.39 is 11.9 Å². The minimum Gasteiger partial charge on any atom is -0.507 e. The van der Waals surface area contributed by atoms with Gasteiger partial charge in [0.05, 0.1) is 42.6 Å².